The van der Waals surface area contributed by atoms with Crippen LogP contribution < -0.4 is 25.2 Å². The summed E-state index contributed by atoms with van der Waals surface area (Å²) in [6.07, 6.45) is 6.15. The van der Waals surface area contributed by atoms with Gasteiger partial charge in [0.2, 0.25) is 0 Å². The number of halogens is 3. The van der Waals surface area contributed by atoms with Crippen LogP contribution >= 0.6 is 0 Å². The Kier molecular flexibility index (Phi) is 11.8. The van der Waals surface area contributed by atoms with Crippen molar-refractivity contribution in [3.05, 3.63) is 81.7 Å². The van der Waals surface area contributed by atoms with Crippen LogP contribution in [-0.2, 0) is 22.0 Å². The molecule has 2 atom stereocenters. The number of amides is 2. The highest BCUT2D eigenvalue weighted by Crippen LogP contribution is 2.44. The Labute approximate surface area is 372 Å². The molecule has 65 heavy (non-hydrogen) atoms. The molecular weight excluding hydrogens is 870 g/mol. The molecule has 17 nitrogen and oxygen atoms in total. The molecule has 4 fully saturated rings. The highest BCUT2D eigenvalue weighted by Gasteiger charge is 2.45. The molecule has 3 saturated heterocycles. The lowest BCUT2D eigenvalue weighted by Crippen LogP contribution is -2.52. The van der Waals surface area contributed by atoms with Crippen molar-refractivity contribution in [2.45, 2.75) is 88.1 Å². The standard InChI is InChI=1S/C44H49F3N10O7S/c1-4-53(2)65(61,62)52-32-12-11-31(45)40(30(32)22-48)64-34-14-13-33-36(38(34)47)42(59)57(24-49-33)27-21-44(63-23-27)16-19-55(20-17-44)26-7-5-25(6-8-26)28-9-10-29-39(37(28)46)54(3)51-41(29)56-18-15-35(58)50-43(56)60/h9-14,24-27,35,52,58H,4-8,15-21,23H2,1-3H3,(H,50,60)/t25?,26?,27-,35?/m0/s1. The minimum absolute atomic E-state index is 0.0301. The van der Waals surface area contributed by atoms with Gasteiger partial charge in [0.05, 0.1) is 35.8 Å². The van der Waals surface area contributed by atoms with Gasteiger partial charge in [-0.2, -0.15) is 23.1 Å². The van der Waals surface area contributed by atoms with E-state index in [4.69, 9.17) is 9.47 Å². The third-order valence-corrected chi connectivity index (χ3v) is 15.3. The quantitative estimate of drug-likeness (QED) is 0.155. The molecule has 1 spiro atoms. The maximum absolute atomic E-state index is 16.3. The molecule has 344 valence electrons. The van der Waals surface area contributed by atoms with Crippen LogP contribution in [0.2, 0.25) is 0 Å². The molecule has 0 radical (unpaired) electrons. The monoisotopic (exact) mass is 918 g/mol. The predicted octanol–water partition coefficient (Wildman–Crippen LogP) is 5.73. The summed E-state index contributed by atoms with van der Waals surface area (Å²) in [5.41, 5.74) is -0.945. The number of rotatable bonds is 10. The number of carbonyl (C=O) groups excluding carboxylic acids is 1. The maximum Gasteiger partial charge on any atom is 0.325 e. The number of carbonyl (C=O) groups is 1. The van der Waals surface area contributed by atoms with Crippen LogP contribution in [0.3, 0.4) is 0 Å². The average Bonchev–Trinajstić information content (AvgIpc) is 3.86. The summed E-state index contributed by atoms with van der Waals surface area (Å²) >= 11 is 0. The summed E-state index contributed by atoms with van der Waals surface area (Å²) in [5, 5.41) is 26.9. The van der Waals surface area contributed by atoms with Gasteiger partial charge in [0.25, 0.3) is 5.56 Å². The minimum Gasteiger partial charge on any atom is -0.450 e. The number of urea groups is 1. The number of fused-ring (bicyclic) bond motifs is 2. The number of piperidine rings is 1. The van der Waals surface area contributed by atoms with Crippen molar-refractivity contribution in [3.63, 3.8) is 0 Å². The van der Waals surface area contributed by atoms with E-state index in [9.17, 15) is 28.4 Å². The van der Waals surface area contributed by atoms with E-state index < -0.39 is 73.8 Å². The first kappa shape index (κ1) is 44.4. The Morgan fingerprint density at radius 3 is 2.49 bits per heavy atom. The van der Waals surface area contributed by atoms with Gasteiger partial charge in [0, 0.05) is 58.1 Å². The number of hydrogen-bond donors (Lipinski definition) is 3. The summed E-state index contributed by atoms with van der Waals surface area (Å²) in [6, 6.07) is 9.26. The molecular formula is C44H49F3N10O7S. The van der Waals surface area contributed by atoms with E-state index in [0.29, 0.717) is 41.2 Å². The zero-order chi connectivity index (χ0) is 45.9. The van der Waals surface area contributed by atoms with Crippen molar-refractivity contribution in [3.8, 4) is 17.6 Å². The van der Waals surface area contributed by atoms with Crippen molar-refractivity contribution in [1.82, 2.24) is 33.9 Å². The van der Waals surface area contributed by atoms with Gasteiger partial charge in [-0.15, -0.1) is 0 Å². The Balaban J connectivity index is 0.846. The molecule has 3 aromatic carbocycles. The zero-order valence-electron chi connectivity index (χ0n) is 36.1. The van der Waals surface area contributed by atoms with E-state index >= 15 is 13.2 Å². The highest BCUT2D eigenvalue weighted by molar-refractivity contribution is 7.90. The van der Waals surface area contributed by atoms with E-state index in [1.54, 1.807) is 20.0 Å². The number of aliphatic hydroxyl groups excluding tert-OH is 1. The Morgan fingerprint density at radius 2 is 1.78 bits per heavy atom. The summed E-state index contributed by atoms with van der Waals surface area (Å²) < 4.78 is 91.1. The van der Waals surface area contributed by atoms with E-state index in [0.717, 1.165) is 74.1 Å². The second-order valence-electron chi connectivity index (χ2n) is 17.4. The van der Waals surface area contributed by atoms with E-state index in [-0.39, 0.29) is 42.6 Å². The molecule has 9 rings (SSSR count). The van der Waals surface area contributed by atoms with E-state index in [1.165, 1.54) is 33.6 Å². The number of aliphatic hydroxyl groups is 1. The average molecular weight is 919 g/mol. The van der Waals surface area contributed by atoms with Gasteiger partial charge in [-0.3, -0.25) is 23.7 Å². The van der Waals surface area contributed by atoms with Crippen LogP contribution in [0.4, 0.5) is 29.5 Å². The first-order valence-corrected chi connectivity index (χ1v) is 23.2. The number of likely N-dealkylation sites (tertiary alicyclic amines) is 1. The fraction of sp³-hybridized carbons (Fsp3) is 0.477. The van der Waals surface area contributed by atoms with Crippen LogP contribution in [0.15, 0.2) is 47.5 Å². The van der Waals surface area contributed by atoms with Crippen LogP contribution in [0.1, 0.15) is 81.4 Å². The van der Waals surface area contributed by atoms with Crippen LogP contribution in [-0.4, -0.2) is 106 Å². The molecule has 2 aromatic heterocycles. The SMILES string of the molecule is CCN(C)S(=O)(=O)Nc1ccc(F)c(Oc2ccc3ncn([C@@H]4COC5(CCN(C6CCC(c7ccc8c(N9CCC(O)NC9=O)nn(C)c8c7F)CC6)CC5)C4)c(=O)c3c2F)c1C#N. The minimum atomic E-state index is -4.11. The number of nitrogens with one attached hydrogen (secondary N) is 2. The van der Waals surface area contributed by atoms with Gasteiger partial charge < -0.3 is 24.8 Å². The molecule has 5 heterocycles. The number of nitrogens with zero attached hydrogens (tertiary/aromatic N) is 8. The molecule has 1 unspecified atom stereocenters. The largest absolute Gasteiger partial charge is 0.450 e. The highest BCUT2D eigenvalue weighted by atomic mass is 32.2. The number of ether oxygens (including phenoxy) is 2. The number of aryl methyl sites for hydroxylation is 1. The molecule has 3 N–H and O–H groups in total. The molecule has 5 aromatic rings. The fourth-order valence-electron chi connectivity index (χ4n) is 9.93. The van der Waals surface area contributed by atoms with Crippen molar-refractivity contribution >= 4 is 49.6 Å². The Morgan fingerprint density at radius 1 is 1.03 bits per heavy atom. The number of nitriles is 1. The fourth-order valence-corrected chi connectivity index (χ4v) is 10.9. The van der Waals surface area contributed by atoms with Crippen molar-refractivity contribution in [2.75, 3.05) is 49.5 Å². The van der Waals surface area contributed by atoms with Crippen molar-refractivity contribution in [1.29, 1.82) is 5.26 Å². The van der Waals surface area contributed by atoms with E-state index in [2.05, 4.69) is 25.0 Å². The van der Waals surface area contributed by atoms with Gasteiger partial charge in [-0.1, -0.05) is 13.0 Å². The van der Waals surface area contributed by atoms with Gasteiger partial charge in [-0.25, -0.2) is 22.9 Å². The van der Waals surface area contributed by atoms with Gasteiger partial charge >= 0.3 is 16.2 Å². The van der Waals surface area contributed by atoms with Crippen LogP contribution in [0, 0.1) is 28.8 Å². The van der Waals surface area contributed by atoms with Gasteiger partial charge in [-0.05, 0) is 86.8 Å². The van der Waals surface area contributed by atoms with Crippen molar-refractivity contribution < 1.29 is 41.0 Å². The van der Waals surface area contributed by atoms with Crippen LogP contribution in [0.5, 0.6) is 11.5 Å². The third-order valence-electron chi connectivity index (χ3n) is 13.7. The normalized spacial score (nSPS) is 22.8. The Hall–Kier alpha value is -5.79. The first-order valence-electron chi connectivity index (χ1n) is 21.7. The molecule has 2 amide bonds. The summed E-state index contributed by atoms with van der Waals surface area (Å²) in [5.74, 6) is -3.39. The molecule has 3 aliphatic heterocycles. The van der Waals surface area contributed by atoms with Gasteiger partial charge in [0.15, 0.2) is 34.8 Å². The van der Waals surface area contributed by atoms with Gasteiger partial charge in [0.1, 0.15) is 28.8 Å². The third kappa shape index (κ3) is 8.04. The number of benzene rings is 3. The smallest absolute Gasteiger partial charge is 0.325 e. The predicted molar refractivity (Wildman–Crippen MR) is 233 cm³/mol. The lowest BCUT2D eigenvalue weighted by Gasteiger charge is -2.44. The topological polar surface area (TPSA) is 200 Å². The number of anilines is 2. The molecule has 4 aliphatic rings. The Bertz CT molecular complexity index is 2910. The second kappa shape index (κ2) is 17.2. The number of aromatic nitrogens is 4. The summed E-state index contributed by atoms with van der Waals surface area (Å²) in [4.78, 5) is 34.8. The molecule has 1 aliphatic carbocycles. The maximum atomic E-state index is 16.3. The second-order valence-corrected chi connectivity index (χ2v) is 19.2. The van der Waals surface area contributed by atoms with Crippen LogP contribution in [0.25, 0.3) is 21.8 Å². The lowest BCUT2D eigenvalue weighted by atomic mass is 9.79. The van der Waals surface area contributed by atoms with E-state index in [1.807, 2.05) is 12.1 Å². The summed E-state index contributed by atoms with van der Waals surface area (Å²) in [7, 11) is -1.12. The zero-order valence-corrected chi connectivity index (χ0v) is 36.9. The summed E-state index contributed by atoms with van der Waals surface area (Å²) in [6.45, 7) is 3.76. The molecule has 1 saturated carbocycles. The lowest BCUT2D eigenvalue weighted by molar-refractivity contribution is -0.0540. The van der Waals surface area contributed by atoms with Crippen molar-refractivity contribution in [2.24, 2.45) is 7.05 Å². The first-order chi connectivity index (χ1) is 31.1. The molecule has 0 bridgehead atoms. The molecule has 21 heteroatoms. The number of hydrogen-bond acceptors (Lipinski definition) is 11.